The largest absolute Gasteiger partial charge is 0.497 e. The van der Waals surface area contributed by atoms with Crippen molar-refractivity contribution in [3.05, 3.63) is 77.4 Å². The molecule has 2 N–H and O–H groups in total. The van der Waals surface area contributed by atoms with Gasteiger partial charge >= 0.3 is 5.97 Å². The molecule has 192 valence electrons. The van der Waals surface area contributed by atoms with Crippen molar-refractivity contribution < 1.29 is 43.4 Å². The van der Waals surface area contributed by atoms with Crippen LogP contribution in [0.15, 0.2) is 60.7 Å². The number of benzene rings is 3. The van der Waals surface area contributed by atoms with Crippen molar-refractivity contribution in [2.45, 2.75) is 23.2 Å². The van der Waals surface area contributed by atoms with Crippen molar-refractivity contribution in [1.82, 2.24) is 0 Å². The molecule has 1 aliphatic carbocycles. The summed E-state index contributed by atoms with van der Waals surface area (Å²) in [6.45, 7) is -0.0311. The molecule has 9 heteroatoms. The van der Waals surface area contributed by atoms with Gasteiger partial charge in [0.05, 0.1) is 32.8 Å². The standard InChI is InChI=1S/C28H26O9/c1-32-17-11-9-16(10-12-17)28-21(15-7-5-4-6-8-15)20(26(30)34-3)25(29)27(28,31)22-18(37-28)13-19-23(24(22)33-2)36-14-35-19/h4-13,20-21,25,29,31H,14H2,1-3H3/t20?,21-,25-,27+,28+/m1/s1. The molecule has 3 aromatic carbocycles. The number of methoxy groups -OCH3 is 3. The van der Waals surface area contributed by atoms with Gasteiger partial charge in [-0.3, -0.25) is 4.79 Å². The minimum absolute atomic E-state index is 0.0311. The van der Waals surface area contributed by atoms with Crippen molar-refractivity contribution in [1.29, 1.82) is 0 Å². The number of hydrogen-bond donors (Lipinski definition) is 2. The van der Waals surface area contributed by atoms with Crippen molar-refractivity contribution in [3.8, 4) is 28.7 Å². The van der Waals surface area contributed by atoms with Crippen LogP contribution < -0.4 is 23.7 Å². The minimum atomic E-state index is -2.15. The molecule has 3 aliphatic rings. The third-order valence-electron chi connectivity index (χ3n) is 7.72. The van der Waals surface area contributed by atoms with Gasteiger partial charge in [0.2, 0.25) is 12.5 Å². The summed E-state index contributed by atoms with van der Waals surface area (Å²) in [6, 6.07) is 17.8. The molecule has 37 heavy (non-hydrogen) atoms. The van der Waals surface area contributed by atoms with E-state index < -0.39 is 35.1 Å². The van der Waals surface area contributed by atoms with Gasteiger partial charge in [0.25, 0.3) is 0 Å². The molecular weight excluding hydrogens is 480 g/mol. The molecule has 0 bridgehead atoms. The van der Waals surface area contributed by atoms with E-state index in [9.17, 15) is 15.0 Å². The van der Waals surface area contributed by atoms with E-state index in [-0.39, 0.29) is 29.6 Å². The Balaban J connectivity index is 1.70. The van der Waals surface area contributed by atoms with Crippen molar-refractivity contribution in [2.75, 3.05) is 28.1 Å². The maximum atomic E-state index is 13.3. The number of carbonyl (C=O) groups excluding carboxylic acids is 1. The fourth-order valence-electron chi connectivity index (χ4n) is 6.23. The lowest BCUT2D eigenvalue weighted by Gasteiger charge is -2.40. The fourth-order valence-corrected chi connectivity index (χ4v) is 6.23. The molecule has 9 nitrogen and oxygen atoms in total. The Morgan fingerprint density at radius 2 is 1.70 bits per heavy atom. The third kappa shape index (κ3) is 2.89. The number of ether oxygens (including phenoxy) is 6. The second-order valence-corrected chi connectivity index (χ2v) is 9.23. The Morgan fingerprint density at radius 3 is 2.35 bits per heavy atom. The van der Waals surface area contributed by atoms with Crippen LogP contribution in [-0.4, -0.2) is 50.4 Å². The van der Waals surface area contributed by atoms with Crippen LogP contribution in [0.3, 0.4) is 0 Å². The number of fused-ring (bicyclic) bond motifs is 4. The second-order valence-electron chi connectivity index (χ2n) is 9.23. The van der Waals surface area contributed by atoms with E-state index in [0.29, 0.717) is 22.6 Å². The second kappa shape index (κ2) is 8.29. The first kappa shape index (κ1) is 23.4. The van der Waals surface area contributed by atoms with Crippen LogP contribution in [0, 0.1) is 5.92 Å². The average molecular weight is 507 g/mol. The lowest BCUT2D eigenvalue weighted by atomic mass is 9.70. The van der Waals surface area contributed by atoms with Gasteiger partial charge < -0.3 is 38.6 Å². The predicted molar refractivity (Wildman–Crippen MR) is 129 cm³/mol. The Bertz CT molecular complexity index is 1360. The van der Waals surface area contributed by atoms with Crippen LogP contribution in [0.2, 0.25) is 0 Å². The number of rotatable bonds is 5. The molecule has 0 radical (unpaired) electrons. The molecule has 0 amide bonds. The first-order chi connectivity index (χ1) is 17.9. The van der Waals surface area contributed by atoms with Gasteiger partial charge in [-0.15, -0.1) is 0 Å². The summed E-state index contributed by atoms with van der Waals surface area (Å²) < 4.78 is 34.2. The molecule has 0 aromatic heterocycles. The highest BCUT2D eigenvalue weighted by molar-refractivity contribution is 5.79. The van der Waals surface area contributed by atoms with Gasteiger partial charge in [0, 0.05) is 12.0 Å². The van der Waals surface area contributed by atoms with Gasteiger partial charge in [-0.25, -0.2) is 0 Å². The number of esters is 1. The quantitative estimate of drug-likeness (QED) is 0.505. The number of carbonyl (C=O) groups is 1. The summed E-state index contributed by atoms with van der Waals surface area (Å²) in [6.07, 6.45) is -1.64. The molecule has 6 rings (SSSR count). The summed E-state index contributed by atoms with van der Waals surface area (Å²) in [5.41, 5.74) is -2.44. The van der Waals surface area contributed by atoms with Crippen LogP contribution in [0.1, 0.15) is 22.6 Å². The van der Waals surface area contributed by atoms with E-state index in [0.717, 1.165) is 0 Å². The van der Waals surface area contributed by atoms with Gasteiger partial charge in [0.15, 0.2) is 22.7 Å². The van der Waals surface area contributed by atoms with E-state index in [1.807, 2.05) is 30.3 Å². The number of aliphatic hydroxyl groups is 2. The zero-order valence-electron chi connectivity index (χ0n) is 20.5. The molecule has 1 unspecified atom stereocenters. The number of hydrogen-bond acceptors (Lipinski definition) is 9. The Labute approximate surface area is 213 Å². The van der Waals surface area contributed by atoms with Crippen molar-refractivity contribution in [3.63, 3.8) is 0 Å². The fraction of sp³-hybridized carbons (Fsp3) is 0.321. The highest BCUT2D eigenvalue weighted by atomic mass is 16.7. The van der Waals surface area contributed by atoms with E-state index in [1.165, 1.54) is 14.2 Å². The Morgan fingerprint density at radius 1 is 0.973 bits per heavy atom. The maximum absolute atomic E-state index is 13.3. The lowest BCUT2D eigenvalue weighted by molar-refractivity contribution is -0.161. The zero-order valence-corrected chi connectivity index (χ0v) is 20.5. The van der Waals surface area contributed by atoms with Gasteiger partial charge in [-0.1, -0.05) is 42.5 Å². The van der Waals surface area contributed by atoms with E-state index in [2.05, 4.69) is 0 Å². The van der Waals surface area contributed by atoms with Gasteiger partial charge in [0.1, 0.15) is 17.6 Å². The monoisotopic (exact) mass is 506 g/mol. The molecule has 0 saturated heterocycles. The van der Waals surface area contributed by atoms with Crippen LogP contribution in [0.4, 0.5) is 0 Å². The van der Waals surface area contributed by atoms with Gasteiger partial charge in [-0.2, -0.15) is 0 Å². The Kier molecular flexibility index (Phi) is 5.25. The van der Waals surface area contributed by atoms with E-state index in [4.69, 9.17) is 28.4 Å². The maximum Gasteiger partial charge on any atom is 0.312 e. The molecule has 0 spiro atoms. The molecule has 1 saturated carbocycles. The van der Waals surface area contributed by atoms with E-state index >= 15 is 0 Å². The summed E-state index contributed by atoms with van der Waals surface area (Å²) in [5, 5.41) is 24.7. The first-order valence-corrected chi connectivity index (χ1v) is 11.8. The van der Waals surface area contributed by atoms with E-state index in [1.54, 1.807) is 37.4 Å². The molecule has 2 heterocycles. The SMILES string of the molecule is COC(=O)C1[C@@H](O)[C@@]2(O)c3c(cc4c(c3OC)OCO4)O[C@@]2(c2ccc(OC)cc2)[C@@H]1c1ccccc1. The molecule has 2 aliphatic heterocycles. The summed E-state index contributed by atoms with van der Waals surface area (Å²) >= 11 is 0. The zero-order chi connectivity index (χ0) is 25.9. The van der Waals surface area contributed by atoms with Crippen molar-refractivity contribution >= 4 is 5.97 Å². The Hall–Kier alpha value is -3.95. The smallest absolute Gasteiger partial charge is 0.312 e. The highest BCUT2D eigenvalue weighted by Crippen LogP contribution is 2.71. The highest BCUT2D eigenvalue weighted by Gasteiger charge is 2.78. The van der Waals surface area contributed by atoms with Crippen LogP contribution >= 0.6 is 0 Å². The van der Waals surface area contributed by atoms with Crippen LogP contribution in [0.25, 0.3) is 0 Å². The molecule has 5 atom stereocenters. The third-order valence-corrected chi connectivity index (χ3v) is 7.72. The summed E-state index contributed by atoms with van der Waals surface area (Å²) in [7, 11) is 4.24. The van der Waals surface area contributed by atoms with Crippen LogP contribution in [-0.2, 0) is 20.7 Å². The van der Waals surface area contributed by atoms with Gasteiger partial charge in [-0.05, 0) is 23.3 Å². The molecule has 3 aromatic rings. The topological polar surface area (TPSA) is 113 Å². The normalized spacial score (nSPS) is 28.7. The summed E-state index contributed by atoms with van der Waals surface area (Å²) in [5.74, 6) is -1.03. The van der Waals surface area contributed by atoms with Crippen LogP contribution in [0.5, 0.6) is 28.7 Å². The average Bonchev–Trinajstić information content (AvgIpc) is 3.56. The summed E-state index contributed by atoms with van der Waals surface area (Å²) in [4.78, 5) is 13.3. The number of aliphatic hydroxyl groups excluding tert-OH is 1. The first-order valence-electron chi connectivity index (χ1n) is 11.8. The molecule has 1 fully saturated rings. The predicted octanol–water partition coefficient (Wildman–Crippen LogP) is 2.86. The minimum Gasteiger partial charge on any atom is -0.497 e. The lowest BCUT2D eigenvalue weighted by Crippen LogP contribution is -2.52. The van der Waals surface area contributed by atoms with Crippen molar-refractivity contribution in [2.24, 2.45) is 5.92 Å². The molecular formula is C28H26O9.